The summed E-state index contributed by atoms with van der Waals surface area (Å²) in [5.41, 5.74) is 2.21. The number of thioether (sulfide) groups is 1. The molecule has 0 saturated heterocycles. The predicted octanol–water partition coefficient (Wildman–Crippen LogP) is -0.659. The van der Waals surface area contributed by atoms with Crippen LogP contribution in [0, 0.1) is 0 Å². The fourth-order valence-electron chi connectivity index (χ4n) is 1.21. The van der Waals surface area contributed by atoms with E-state index in [-0.39, 0.29) is 11.6 Å². The number of aliphatic carboxylic acids is 1. The van der Waals surface area contributed by atoms with Crippen molar-refractivity contribution >= 4 is 35.0 Å². The van der Waals surface area contributed by atoms with E-state index in [2.05, 4.69) is 15.5 Å². The Kier molecular flexibility index (Phi) is 3.78. The molecule has 2 heterocycles. The first kappa shape index (κ1) is 12.4. The Morgan fingerprint density at radius 2 is 2.56 bits per heavy atom. The normalized spacial score (nSPS) is 19.7. The maximum absolute atomic E-state index is 11.3. The highest BCUT2D eigenvalue weighted by molar-refractivity contribution is 8.15. The van der Waals surface area contributed by atoms with E-state index in [1.807, 2.05) is 0 Å². The molecule has 0 saturated carbocycles. The molecule has 0 bridgehead atoms. The van der Waals surface area contributed by atoms with Crippen LogP contribution in [-0.2, 0) is 9.59 Å². The van der Waals surface area contributed by atoms with Gasteiger partial charge >= 0.3 is 0 Å². The highest BCUT2D eigenvalue weighted by Gasteiger charge is 2.25. The first-order valence-electron chi connectivity index (χ1n) is 4.97. The maximum Gasteiger partial charge on any atom is 0.254 e. The number of hydrogen-bond donors (Lipinski definition) is 1. The summed E-state index contributed by atoms with van der Waals surface area (Å²) in [5.74, 6) is -1.23. The van der Waals surface area contributed by atoms with Crippen LogP contribution < -0.4 is 10.5 Å². The molecule has 1 atom stereocenters. The molecule has 1 amide bonds. The molecule has 1 aliphatic heterocycles. The Balaban J connectivity index is 2.02. The Bertz CT molecular complexity index is 509. The first-order valence-corrected chi connectivity index (χ1v) is 5.85. The average molecular weight is 266 g/mol. The number of amidine groups is 1. The smallest absolute Gasteiger partial charge is 0.254 e. The zero-order chi connectivity index (χ0) is 13.0. The third-order valence-electron chi connectivity index (χ3n) is 2.00. The number of rotatable bonds is 3. The van der Waals surface area contributed by atoms with E-state index in [1.165, 1.54) is 12.5 Å². The topological polar surface area (TPSA) is 107 Å². The van der Waals surface area contributed by atoms with Gasteiger partial charge in [0.1, 0.15) is 5.76 Å². The number of nitrogens with one attached hydrogen (secondary N) is 1. The molecule has 0 spiro atoms. The molecule has 1 aromatic heterocycles. The predicted molar refractivity (Wildman–Crippen MR) is 62.9 cm³/mol. The van der Waals surface area contributed by atoms with Gasteiger partial charge in [-0.15, -0.1) is 5.10 Å². The van der Waals surface area contributed by atoms with E-state index in [9.17, 15) is 14.7 Å². The molecule has 0 aromatic carbocycles. The van der Waals surface area contributed by atoms with Gasteiger partial charge in [0.15, 0.2) is 0 Å². The molecular weight excluding hydrogens is 258 g/mol. The number of nitrogens with zero attached hydrogens (tertiary/aromatic N) is 2. The van der Waals surface area contributed by atoms with Gasteiger partial charge in [0, 0.05) is 12.4 Å². The summed E-state index contributed by atoms with van der Waals surface area (Å²) in [5, 5.41) is 13.6. The third-order valence-corrected chi connectivity index (χ3v) is 3.07. The fourth-order valence-corrected chi connectivity index (χ4v) is 2.06. The van der Waals surface area contributed by atoms with Gasteiger partial charge in [-0.25, -0.2) is 10.4 Å². The van der Waals surface area contributed by atoms with Crippen LogP contribution in [0.1, 0.15) is 12.2 Å². The van der Waals surface area contributed by atoms with Gasteiger partial charge in [0.05, 0.1) is 17.7 Å². The minimum absolute atomic E-state index is 0.261. The van der Waals surface area contributed by atoms with Gasteiger partial charge in [0.25, 0.3) is 5.91 Å². The lowest BCUT2D eigenvalue weighted by atomic mass is 10.3. The number of aliphatic imine (C=N–C) groups is 1. The number of hydrogen-bond acceptors (Lipinski definition) is 7. The van der Waals surface area contributed by atoms with Crippen LogP contribution in [0.15, 0.2) is 32.9 Å². The number of hydrazone groups is 1. The SMILES string of the molecule is O=C([O-])C[C@H]1SC(N=Cc2ccco2)=NNC1=O. The van der Waals surface area contributed by atoms with Gasteiger partial charge in [-0.3, -0.25) is 4.79 Å². The molecular formula is C10H8N3O4S-. The van der Waals surface area contributed by atoms with Gasteiger partial charge in [-0.1, -0.05) is 11.8 Å². The van der Waals surface area contributed by atoms with Crippen molar-refractivity contribution in [3.63, 3.8) is 0 Å². The van der Waals surface area contributed by atoms with Crippen LogP contribution >= 0.6 is 11.8 Å². The molecule has 0 fully saturated rings. The van der Waals surface area contributed by atoms with E-state index >= 15 is 0 Å². The van der Waals surface area contributed by atoms with E-state index in [0.717, 1.165) is 11.8 Å². The van der Waals surface area contributed by atoms with Crippen molar-refractivity contribution in [3.05, 3.63) is 24.2 Å². The zero-order valence-electron chi connectivity index (χ0n) is 9.03. The average Bonchev–Trinajstić information content (AvgIpc) is 2.82. The van der Waals surface area contributed by atoms with Crippen LogP contribution in [0.3, 0.4) is 0 Å². The number of furan rings is 1. The van der Waals surface area contributed by atoms with Crippen molar-refractivity contribution in [1.29, 1.82) is 0 Å². The summed E-state index contributed by atoms with van der Waals surface area (Å²) < 4.78 is 5.03. The van der Waals surface area contributed by atoms with Crippen LogP contribution in [0.2, 0.25) is 0 Å². The van der Waals surface area contributed by atoms with E-state index in [1.54, 1.807) is 12.1 Å². The minimum Gasteiger partial charge on any atom is -0.550 e. The zero-order valence-corrected chi connectivity index (χ0v) is 9.85. The number of carboxylic acid groups (broad SMARTS) is 1. The van der Waals surface area contributed by atoms with Crippen molar-refractivity contribution in [2.75, 3.05) is 0 Å². The lowest BCUT2D eigenvalue weighted by Crippen LogP contribution is -2.38. The van der Waals surface area contributed by atoms with Gasteiger partial charge in [0.2, 0.25) is 5.17 Å². The second kappa shape index (κ2) is 5.50. The third kappa shape index (κ3) is 3.20. The van der Waals surface area contributed by atoms with Crippen molar-refractivity contribution in [2.45, 2.75) is 11.7 Å². The molecule has 0 unspecified atom stereocenters. The standard InChI is InChI=1S/C10H9N3O4S/c14-8(15)4-7-9(16)12-13-10(18-7)11-5-6-2-1-3-17-6/h1-3,5,7H,4H2,(H,12,16)(H,14,15)/p-1/t7-/m1/s1. The maximum atomic E-state index is 11.3. The van der Waals surface area contributed by atoms with Crippen molar-refractivity contribution < 1.29 is 19.1 Å². The van der Waals surface area contributed by atoms with Crippen molar-refractivity contribution in [1.82, 2.24) is 5.43 Å². The molecule has 7 nitrogen and oxygen atoms in total. The Hall–Kier alpha value is -2.09. The van der Waals surface area contributed by atoms with Crippen LogP contribution in [0.5, 0.6) is 0 Å². The van der Waals surface area contributed by atoms with E-state index in [4.69, 9.17) is 4.42 Å². The number of carboxylic acids is 1. The highest BCUT2D eigenvalue weighted by Crippen LogP contribution is 2.20. The molecule has 2 rings (SSSR count). The quantitative estimate of drug-likeness (QED) is 0.731. The molecule has 0 aliphatic carbocycles. The summed E-state index contributed by atoms with van der Waals surface area (Å²) in [4.78, 5) is 25.8. The summed E-state index contributed by atoms with van der Waals surface area (Å²) in [6, 6.07) is 3.41. The number of carbonyl (C=O) groups excluding carboxylic acids is 2. The molecule has 94 valence electrons. The largest absolute Gasteiger partial charge is 0.550 e. The van der Waals surface area contributed by atoms with Crippen molar-refractivity contribution in [2.24, 2.45) is 10.1 Å². The van der Waals surface area contributed by atoms with Gasteiger partial charge in [-0.05, 0) is 12.1 Å². The second-order valence-electron chi connectivity index (χ2n) is 3.33. The van der Waals surface area contributed by atoms with Gasteiger partial charge < -0.3 is 14.3 Å². The molecule has 1 N–H and O–H groups in total. The Labute approximate surface area is 106 Å². The number of carbonyl (C=O) groups is 2. The summed E-state index contributed by atoms with van der Waals surface area (Å²) in [6.45, 7) is 0. The summed E-state index contributed by atoms with van der Waals surface area (Å²) >= 11 is 0.967. The minimum atomic E-state index is -1.29. The lowest BCUT2D eigenvalue weighted by molar-refractivity contribution is -0.305. The fraction of sp³-hybridized carbons (Fsp3) is 0.200. The molecule has 0 radical (unpaired) electrons. The summed E-state index contributed by atoms with van der Waals surface area (Å²) in [6.07, 6.45) is 2.54. The van der Waals surface area contributed by atoms with Crippen LogP contribution in [0.4, 0.5) is 0 Å². The van der Waals surface area contributed by atoms with E-state index < -0.39 is 17.1 Å². The number of amides is 1. The summed E-state index contributed by atoms with van der Waals surface area (Å²) in [7, 11) is 0. The first-order chi connectivity index (χ1) is 8.65. The Morgan fingerprint density at radius 1 is 1.72 bits per heavy atom. The lowest BCUT2D eigenvalue weighted by Gasteiger charge is -2.18. The molecule has 18 heavy (non-hydrogen) atoms. The van der Waals surface area contributed by atoms with Crippen LogP contribution in [0.25, 0.3) is 0 Å². The Morgan fingerprint density at radius 3 is 3.22 bits per heavy atom. The molecule has 1 aromatic rings. The van der Waals surface area contributed by atoms with E-state index in [0.29, 0.717) is 5.76 Å². The molecule has 8 heteroatoms. The second-order valence-corrected chi connectivity index (χ2v) is 4.50. The van der Waals surface area contributed by atoms with Crippen LogP contribution in [-0.4, -0.2) is 28.5 Å². The molecule has 1 aliphatic rings. The monoisotopic (exact) mass is 266 g/mol. The van der Waals surface area contributed by atoms with Crippen molar-refractivity contribution in [3.8, 4) is 0 Å². The van der Waals surface area contributed by atoms with Gasteiger partial charge in [-0.2, -0.15) is 0 Å². The highest BCUT2D eigenvalue weighted by atomic mass is 32.2.